The van der Waals surface area contributed by atoms with Gasteiger partial charge >= 0.3 is 17.6 Å². The number of nitrogens with zero attached hydrogens (tertiary/aromatic N) is 2. The van der Waals surface area contributed by atoms with E-state index in [1.807, 2.05) is 10.6 Å². The van der Waals surface area contributed by atoms with E-state index in [4.69, 9.17) is 0 Å². The van der Waals surface area contributed by atoms with Crippen molar-refractivity contribution in [2.45, 2.75) is 0 Å². The molecule has 0 unspecified atom stereocenters. The highest BCUT2D eigenvalue weighted by Gasteiger charge is 2.29. The number of carbonyl (C=O) groups is 2. The fourth-order valence-corrected chi connectivity index (χ4v) is 0.704. The Morgan fingerprint density at radius 3 is 1.80 bits per heavy atom. The molecule has 1 saturated heterocycles. The molecule has 0 saturated carbocycles. The van der Waals surface area contributed by atoms with Crippen LogP contribution in [0.25, 0.3) is 0 Å². The molecule has 2 amide bonds. The first kappa shape index (κ1) is 10.3. The predicted octanol–water partition coefficient (Wildman–Crippen LogP) is -1.93. The molecular formula is C5H2N4O6. The van der Waals surface area contributed by atoms with E-state index in [9.17, 15) is 29.8 Å². The largest absolute Gasteiger partial charge is 0.609 e. The molecular weight excluding hydrogens is 212 g/mol. The van der Waals surface area contributed by atoms with Gasteiger partial charge in [-0.15, -0.1) is 0 Å². The van der Waals surface area contributed by atoms with Crippen molar-refractivity contribution < 1.29 is 19.4 Å². The highest BCUT2D eigenvalue weighted by Crippen LogP contribution is 1.97. The Balaban J connectivity index is 3.17. The van der Waals surface area contributed by atoms with Gasteiger partial charge in [-0.3, -0.25) is 40.5 Å². The Morgan fingerprint density at radius 2 is 1.47 bits per heavy atom. The van der Waals surface area contributed by atoms with E-state index in [2.05, 4.69) is 0 Å². The standard InChI is InChI=1S/C5H2N4O6/c10-4-5(11)7-2(6-4)1-3(8(12)13)9(14)15/h(H,6,10)(H,7,11). The molecule has 0 spiro atoms. The van der Waals surface area contributed by atoms with Crippen molar-refractivity contribution in [3.63, 3.8) is 0 Å². The molecule has 1 fully saturated rings. The van der Waals surface area contributed by atoms with E-state index in [0.717, 1.165) is 0 Å². The zero-order valence-electron chi connectivity index (χ0n) is 6.84. The highest BCUT2D eigenvalue weighted by atomic mass is 16.7. The van der Waals surface area contributed by atoms with Crippen molar-refractivity contribution in [3.05, 3.63) is 37.6 Å². The van der Waals surface area contributed by atoms with Crippen LogP contribution in [-0.4, -0.2) is 21.7 Å². The Morgan fingerprint density at radius 1 is 1.07 bits per heavy atom. The molecule has 1 rings (SSSR count). The van der Waals surface area contributed by atoms with Gasteiger partial charge in [0.1, 0.15) is 9.85 Å². The SMILES string of the molecule is O=C1NC(=C=C([N+](=O)[O-])[N+](=O)[O-])NC1=O. The molecule has 0 radical (unpaired) electrons. The number of nitro groups is 2. The first-order valence-corrected chi connectivity index (χ1v) is 3.34. The maximum atomic E-state index is 10.6. The lowest BCUT2D eigenvalue weighted by Crippen LogP contribution is -2.19. The lowest BCUT2D eigenvalue weighted by Gasteiger charge is -1.87. The summed E-state index contributed by atoms with van der Waals surface area (Å²) in [5, 5.41) is 23.9. The molecule has 0 atom stereocenters. The molecule has 0 aromatic carbocycles. The number of hydrogen-bond donors (Lipinski definition) is 2. The monoisotopic (exact) mass is 214 g/mol. The van der Waals surface area contributed by atoms with Gasteiger partial charge in [-0.05, 0) is 0 Å². The quantitative estimate of drug-likeness (QED) is 0.237. The van der Waals surface area contributed by atoms with E-state index in [1.54, 1.807) is 5.73 Å². The van der Waals surface area contributed by atoms with Crippen LogP contribution in [0.1, 0.15) is 0 Å². The average Bonchev–Trinajstić information content (AvgIpc) is 2.41. The zero-order valence-corrected chi connectivity index (χ0v) is 6.84. The number of hydrogen-bond acceptors (Lipinski definition) is 6. The van der Waals surface area contributed by atoms with Crippen LogP contribution in [0.4, 0.5) is 0 Å². The van der Waals surface area contributed by atoms with Gasteiger partial charge in [0.2, 0.25) is 0 Å². The molecule has 1 aliphatic heterocycles. The van der Waals surface area contributed by atoms with Gasteiger partial charge in [0.15, 0.2) is 5.82 Å². The second-order valence-corrected chi connectivity index (χ2v) is 2.25. The first-order valence-electron chi connectivity index (χ1n) is 3.34. The molecule has 10 heteroatoms. The molecule has 0 aromatic heterocycles. The first-order chi connectivity index (χ1) is 6.91. The summed E-state index contributed by atoms with van der Waals surface area (Å²) in [6.45, 7) is 0. The number of rotatable bonds is 2. The van der Waals surface area contributed by atoms with E-state index < -0.39 is 33.3 Å². The van der Waals surface area contributed by atoms with Crippen molar-refractivity contribution in [3.8, 4) is 0 Å². The van der Waals surface area contributed by atoms with Crippen molar-refractivity contribution in [1.29, 1.82) is 0 Å². The number of nitrogens with one attached hydrogen (secondary N) is 2. The zero-order chi connectivity index (χ0) is 11.6. The topological polar surface area (TPSA) is 144 Å². The minimum absolute atomic E-state index is 0.520. The molecule has 0 aromatic rings. The smallest absolute Gasteiger partial charge is 0.297 e. The third-order valence-corrected chi connectivity index (χ3v) is 1.27. The van der Waals surface area contributed by atoms with Gasteiger partial charge in [-0.25, -0.2) is 0 Å². The van der Waals surface area contributed by atoms with Gasteiger partial charge in [0.05, 0.1) is 5.73 Å². The Labute approximate surface area is 80.5 Å². The fraction of sp³-hybridized carbons (Fsp3) is 0. The van der Waals surface area contributed by atoms with E-state index in [0.29, 0.717) is 0 Å². The van der Waals surface area contributed by atoms with Crippen LogP contribution in [0.15, 0.2) is 17.4 Å². The summed E-state index contributed by atoms with van der Waals surface area (Å²) in [6.07, 6.45) is 0. The van der Waals surface area contributed by atoms with Crippen molar-refractivity contribution in [2.24, 2.45) is 0 Å². The molecule has 78 valence electrons. The molecule has 0 aliphatic carbocycles. The Kier molecular flexibility index (Phi) is 2.45. The average molecular weight is 214 g/mol. The minimum atomic E-state index is -1.48. The fourth-order valence-electron chi connectivity index (χ4n) is 0.704. The number of carbonyl (C=O) groups excluding carboxylic acids is 2. The van der Waals surface area contributed by atoms with Crippen molar-refractivity contribution in [2.75, 3.05) is 0 Å². The molecule has 2 N–H and O–H groups in total. The summed E-state index contributed by atoms with van der Waals surface area (Å²) in [5.74, 6) is -4.13. The van der Waals surface area contributed by atoms with Crippen LogP contribution in [0.5, 0.6) is 0 Å². The molecule has 10 nitrogen and oxygen atoms in total. The van der Waals surface area contributed by atoms with E-state index in [-0.39, 0.29) is 0 Å². The van der Waals surface area contributed by atoms with Crippen molar-refractivity contribution >= 4 is 11.8 Å². The number of amides is 2. The van der Waals surface area contributed by atoms with Crippen LogP contribution < -0.4 is 10.6 Å². The minimum Gasteiger partial charge on any atom is -0.297 e. The summed E-state index contributed by atoms with van der Waals surface area (Å²) in [5.41, 5.74) is 1.65. The molecule has 1 heterocycles. The third kappa shape index (κ3) is 2.14. The van der Waals surface area contributed by atoms with Crippen LogP contribution in [0, 0.1) is 20.2 Å². The molecule has 1 aliphatic rings. The summed E-state index contributed by atoms with van der Waals surface area (Å²) in [7, 11) is 0. The van der Waals surface area contributed by atoms with Gasteiger partial charge in [0, 0.05) is 0 Å². The van der Waals surface area contributed by atoms with E-state index >= 15 is 0 Å². The summed E-state index contributed by atoms with van der Waals surface area (Å²) in [6, 6.07) is 0. The lowest BCUT2D eigenvalue weighted by atomic mass is 10.6. The van der Waals surface area contributed by atoms with Crippen LogP contribution in [0.2, 0.25) is 0 Å². The van der Waals surface area contributed by atoms with Crippen LogP contribution in [0.3, 0.4) is 0 Å². The maximum Gasteiger partial charge on any atom is 0.609 e. The van der Waals surface area contributed by atoms with Crippen LogP contribution >= 0.6 is 0 Å². The Bertz CT molecular complexity index is 410. The predicted molar refractivity (Wildman–Crippen MR) is 40.8 cm³/mol. The maximum absolute atomic E-state index is 10.6. The summed E-state index contributed by atoms with van der Waals surface area (Å²) >= 11 is 0. The summed E-state index contributed by atoms with van der Waals surface area (Å²) < 4.78 is 0. The Hall–Kier alpha value is -2.74. The normalized spacial score (nSPS) is 14.0. The highest BCUT2D eigenvalue weighted by molar-refractivity contribution is 6.38. The molecule has 15 heavy (non-hydrogen) atoms. The van der Waals surface area contributed by atoms with Gasteiger partial charge in [0.25, 0.3) is 0 Å². The second kappa shape index (κ2) is 3.55. The van der Waals surface area contributed by atoms with Crippen molar-refractivity contribution in [1.82, 2.24) is 10.6 Å². The third-order valence-electron chi connectivity index (χ3n) is 1.27. The van der Waals surface area contributed by atoms with E-state index in [1.165, 1.54) is 0 Å². The molecule has 0 bridgehead atoms. The van der Waals surface area contributed by atoms with Crippen LogP contribution in [-0.2, 0) is 9.59 Å². The van der Waals surface area contributed by atoms with Gasteiger partial charge in [-0.2, -0.15) is 0 Å². The van der Waals surface area contributed by atoms with Gasteiger partial charge in [-0.1, -0.05) is 0 Å². The summed E-state index contributed by atoms with van der Waals surface area (Å²) in [4.78, 5) is 38.8. The lowest BCUT2D eigenvalue weighted by molar-refractivity contribution is -0.615. The second-order valence-electron chi connectivity index (χ2n) is 2.25. The van der Waals surface area contributed by atoms with Gasteiger partial charge < -0.3 is 0 Å².